The molecule has 5 unspecified atom stereocenters. The average Bonchev–Trinajstić information content (AvgIpc) is 3.29. The van der Waals surface area contributed by atoms with Crippen LogP contribution in [0, 0.1) is 5.92 Å². The minimum atomic E-state index is -1.01. The molecular weight excluding hydrogens is 516 g/mol. The number of ether oxygens (including phenoxy) is 2. The van der Waals surface area contributed by atoms with Gasteiger partial charge in [0.15, 0.2) is 0 Å². The van der Waals surface area contributed by atoms with Gasteiger partial charge in [0.25, 0.3) is 11.8 Å². The molecule has 5 atom stereocenters. The van der Waals surface area contributed by atoms with E-state index in [0.29, 0.717) is 18.4 Å². The first-order valence-electron chi connectivity index (χ1n) is 13.5. The van der Waals surface area contributed by atoms with E-state index in [1.807, 2.05) is 30.3 Å². The van der Waals surface area contributed by atoms with Gasteiger partial charge in [-0.2, -0.15) is 0 Å². The summed E-state index contributed by atoms with van der Waals surface area (Å²) in [6, 6.07) is 15.1. The van der Waals surface area contributed by atoms with E-state index in [0.717, 1.165) is 5.56 Å². The van der Waals surface area contributed by atoms with E-state index < -0.39 is 54.0 Å². The van der Waals surface area contributed by atoms with Crippen LogP contribution in [0.15, 0.2) is 60.7 Å². The van der Waals surface area contributed by atoms with Crippen molar-refractivity contribution in [2.45, 2.75) is 63.6 Å². The Kier molecular flexibility index (Phi) is 8.11. The number of hydrogen-bond acceptors (Lipinski definition) is 7. The molecule has 0 saturated carbocycles. The summed E-state index contributed by atoms with van der Waals surface area (Å²) in [5.41, 5.74) is 1.26. The van der Waals surface area contributed by atoms with Crippen LogP contribution in [0.1, 0.15) is 48.5 Å². The van der Waals surface area contributed by atoms with E-state index in [1.165, 1.54) is 10.0 Å². The summed E-state index contributed by atoms with van der Waals surface area (Å²) in [6.07, 6.45) is -0.211. The van der Waals surface area contributed by atoms with Crippen molar-refractivity contribution in [2.24, 2.45) is 5.92 Å². The molecule has 2 N–H and O–H groups in total. The van der Waals surface area contributed by atoms with Gasteiger partial charge >= 0.3 is 5.97 Å². The summed E-state index contributed by atoms with van der Waals surface area (Å²) in [5, 5.41) is 8.11. The first-order valence-corrected chi connectivity index (χ1v) is 13.5. The number of amides is 4. The summed E-state index contributed by atoms with van der Waals surface area (Å²) < 4.78 is 11.1. The van der Waals surface area contributed by atoms with Gasteiger partial charge in [-0.3, -0.25) is 29.0 Å². The Morgan fingerprint density at radius 3 is 2.40 bits per heavy atom. The lowest BCUT2D eigenvalue weighted by atomic mass is 9.96. The number of hydrazine groups is 1. The van der Waals surface area contributed by atoms with Crippen LogP contribution in [-0.2, 0) is 35.3 Å². The second-order valence-electron chi connectivity index (χ2n) is 10.3. The van der Waals surface area contributed by atoms with Crippen LogP contribution in [0.4, 0.5) is 0 Å². The van der Waals surface area contributed by atoms with E-state index >= 15 is 0 Å². The van der Waals surface area contributed by atoms with Crippen molar-refractivity contribution in [3.8, 4) is 0 Å². The van der Waals surface area contributed by atoms with E-state index in [4.69, 9.17) is 9.47 Å². The van der Waals surface area contributed by atoms with Crippen molar-refractivity contribution in [3.63, 3.8) is 0 Å². The van der Waals surface area contributed by atoms with Crippen LogP contribution >= 0.6 is 0 Å². The smallest absolute Gasteiger partial charge is 0.310 e. The second-order valence-corrected chi connectivity index (χ2v) is 10.3. The first-order chi connectivity index (χ1) is 19.3. The van der Waals surface area contributed by atoms with Crippen LogP contribution in [0.3, 0.4) is 0 Å². The van der Waals surface area contributed by atoms with Gasteiger partial charge in [-0.15, -0.1) is 0 Å². The fraction of sp³-hybridized carbons (Fsp3) is 0.414. The molecule has 11 heteroatoms. The Bertz CT molecular complexity index is 1270. The molecule has 3 aliphatic heterocycles. The monoisotopic (exact) mass is 548 g/mol. The second kappa shape index (κ2) is 11.9. The maximum Gasteiger partial charge on any atom is 0.310 e. The first kappa shape index (κ1) is 27.3. The molecule has 3 fully saturated rings. The molecule has 3 saturated heterocycles. The molecule has 0 aliphatic carbocycles. The number of nitrogens with one attached hydrogen (secondary N) is 2. The minimum Gasteiger partial charge on any atom is -0.433 e. The molecule has 2 aromatic carbocycles. The molecule has 5 rings (SSSR count). The van der Waals surface area contributed by atoms with Crippen LogP contribution < -0.4 is 10.6 Å². The molecule has 0 spiro atoms. The molecule has 210 valence electrons. The highest BCUT2D eigenvalue weighted by Crippen LogP contribution is 2.28. The van der Waals surface area contributed by atoms with Crippen molar-refractivity contribution in [3.05, 3.63) is 71.8 Å². The highest BCUT2D eigenvalue weighted by atomic mass is 16.7. The lowest BCUT2D eigenvalue weighted by Crippen LogP contribution is -2.64. The Labute approximate surface area is 231 Å². The van der Waals surface area contributed by atoms with Crippen LogP contribution in [0.2, 0.25) is 0 Å². The van der Waals surface area contributed by atoms with Gasteiger partial charge in [-0.25, -0.2) is 5.01 Å². The Morgan fingerprint density at radius 2 is 1.68 bits per heavy atom. The molecule has 3 heterocycles. The van der Waals surface area contributed by atoms with E-state index in [2.05, 4.69) is 10.6 Å². The molecule has 4 amide bonds. The van der Waals surface area contributed by atoms with Gasteiger partial charge in [0.2, 0.25) is 18.1 Å². The molecule has 11 nitrogen and oxygen atoms in total. The lowest BCUT2D eigenvalue weighted by Gasteiger charge is -2.43. The molecular formula is C29H32N4O7. The zero-order chi connectivity index (χ0) is 28.2. The third-order valence-corrected chi connectivity index (χ3v) is 7.42. The molecule has 0 radical (unpaired) electrons. The van der Waals surface area contributed by atoms with Gasteiger partial charge in [0, 0.05) is 18.5 Å². The molecule has 0 bridgehead atoms. The standard InChI is InChI=1S/C29H32N4O7/c1-18-15-23(34)32-14-8-13-22(33(32)28(38)25(18)31-26(36)20-11-6-3-7-12-20)27(37)30-21-16-24(35)40-29(21)39-17-19-9-4-2-5-10-19/h2-7,9-12,18,21-22,25,29H,8,13-17H2,1H3,(H,30,37)(H,31,36). The topological polar surface area (TPSA) is 134 Å². The lowest BCUT2D eigenvalue weighted by molar-refractivity contribution is -0.177. The molecule has 2 aromatic rings. The number of carbonyl (C=O) groups is 5. The summed E-state index contributed by atoms with van der Waals surface area (Å²) in [5.74, 6) is -2.78. The van der Waals surface area contributed by atoms with Gasteiger partial charge in [-0.05, 0) is 36.5 Å². The maximum atomic E-state index is 13.9. The third kappa shape index (κ3) is 5.84. The largest absolute Gasteiger partial charge is 0.433 e. The number of carbonyl (C=O) groups excluding carboxylic acids is 5. The van der Waals surface area contributed by atoms with E-state index in [1.54, 1.807) is 37.3 Å². The van der Waals surface area contributed by atoms with Crippen molar-refractivity contribution in [1.82, 2.24) is 20.7 Å². The summed E-state index contributed by atoms with van der Waals surface area (Å²) in [4.78, 5) is 65.6. The zero-order valence-corrected chi connectivity index (χ0v) is 22.2. The number of fused-ring (bicyclic) bond motifs is 1. The number of esters is 1. The molecule has 0 aromatic heterocycles. The quantitative estimate of drug-likeness (QED) is 0.501. The van der Waals surface area contributed by atoms with Crippen molar-refractivity contribution in [2.75, 3.05) is 6.54 Å². The van der Waals surface area contributed by atoms with E-state index in [-0.39, 0.29) is 31.9 Å². The number of cyclic esters (lactones) is 1. The SMILES string of the molecule is CC1CC(=O)N2CCCC(C(=O)NC3CC(=O)OC3OCc3ccccc3)N2C(=O)C1NC(=O)c1ccccc1. The predicted octanol–water partition coefficient (Wildman–Crippen LogP) is 1.53. The third-order valence-electron chi connectivity index (χ3n) is 7.42. The highest BCUT2D eigenvalue weighted by molar-refractivity contribution is 6.00. The maximum absolute atomic E-state index is 13.9. The highest BCUT2D eigenvalue weighted by Gasteiger charge is 2.48. The van der Waals surface area contributed by atoms with Crippen LogP contribution in [0.5, 0.6) is 0 Å². The normalized spacial score (nSPS) is 26.5. The predicted molar refractivity (Wildman–Crippen MR) is 141 cm³/mol. The van der Waals surface area contributed by atoms with Gasteiger partial charge < -0.3 is 20.1 Å². The molecule has 40 heavy (non-hydrogen) atoms. The Balaban J connectivity index is 1.31. The number of benzene rings is 2. The van der Waals surface area contributed by atoms with E-state index in [9.17, 15) is 24.0 Å². The zero-order valence-electron chi connectivity index (χ0n) is 22.2. The number of nitrogens with zero attached hydrogens (tertiary/aromatic N) is 2. The Morgan fingerprint density at radius 1 is 0.975 bits per heavy atom. The van der Waals surface area contributed by atoms with Gasteiger partial charge in [0.05, 0.1) is 13.0 Å². The fourth-order valence-electron chi connectivity index (χ4n) is 5.33. The van der Waals surface area contributed by atoms with Crippen LogP contribution in [-0.4, -0.2) is 70.6 Å². The molecule has 3 aliphatic rings. The van der Waals surface area contributed by atoms with Crippen molar-refractivity contribution in [1.29, 1.82) is 0 Å². The Hall–Kier alpha value is -4.25. The van der Waals surface area contributed by atoms with Gasteiger partial charge in [0.1, 0.15) is 18.1 Å². The van der Waals surface area contributed by atoms with Gasteiger partial charge in [-0.1, -0.05) is 55.5 Å². The average molecular weight is 549 g/mol. The number of rotatable bonds is 7. The summed E-state index contributed by atoms with van der Waals surface area (Å²) in [7, 11) is 0. The van der Waals surface area contributed by atoms with Crippen LogP contribution in [0.25, 0.3) is 0 Å². The van der Waals surface area contributed by atoms with Crippen molar-refractivity contribution >= 4 is 29.6 Å². The number of hydrogen-bond donors (Lipinski definition) is 2. The van der Waals surface area contributed by atoms with Crippen molar-refractivity contribution < 1.29 is 33.4 Å². The summed E-state index contributed by atoms with van der Waals surface area (Å²) >= 11 is 0. The fourth-order valence-corrected chi connectivity index (χ4v) is 5.33. The minimum absolute atomic E-state index is 0.0384. The summed E-state index contributed by atoms with van der Waals surface area (Å²) in [6.45, 7) is 2.20.